The van der Waals surface area contributed by atoms with E-state index in [0.29, 0.717) is 46.7 Å². The highest BCUT2D eigenvalue weighted by Gasteiger charge is 2.34. The zero-order valence-electron chi connectivity index (χ0n) is 23.5. The Balaban J connectivity index is 1.76. The molecule has 3 aromatic carbocycles. The molecule has 4 rings (SSSR count). The fourth-order valence-corrected chi connectivity index (χ4v) is 6.28. The molecule has 0 fully saturated rings. The van der Waals surface area contributed by atoms with E-state index in [4.69, 9.17) is 32.7 Å². The molecule has 0 saturated carbocycles. The minimum atomic E-state index is -4.23. The first-order valence-corrected chi connectivity index (χ1v) is 15.7. The lowest BCUT2D eigenvalue weighted by atomic mass is 10.1. The molecule has 2 atom stereocenters. The molecule has 2 amide bonds. The lowest BCUT2D eigenvalue weighted by Gasteiger charge is -2.33. The molecule has 0 saturated heterocycles. The summed E-state index contributed by atoms with van der Waals surface area (Å²) >= 11 is 12.9. The van der Waals surface area contributed by atoms with Crippen molar-refractivity contribution < 1.29 is 27.5 Å². The van der Waals surface area contributed by atoms with Crippen LogP contribution in [0.2, 0.25) is 10.0 Å². The molecule has 1 heterocycles. The molecule has 1 aliphatic rings. The number of nitrogens with zero attached hydrogens (tertiary/aromatic N) is 2. The largest absolute Gasteiger partial charge is 0.486 e. The monoisotopic (exact) mass is 633 g/mol. The number of hydrogen-bond donors (Lipinski definition) is 1. The lowest BCUT2D eigenvalue weighted by Crippen LogP contribution is -2.52. The summed E-state index contributed by atoms with van der Waals surface area (Å²) in [7, 11) is -4.23. The third-order valence-electron chi connectivity index (χ3n) is 6.98. The van der Waals surface area contributed by atoms with Crippen LogP contribution in [0.1, 0.15) is 32.8 Å². The molecule has 224 valence electrons. The number of halogens is 2. The summed E-state index contributed by atoms with van der Waals surface area (Å²) in [5.41, 5.74) is 0.637. The first kappa shape index (κ1) is 31.5. The van der Waals surface area contributed by atoms with E-state index in [1.807, 2.05) is 13.8 Å². The van der Waals surface area contributed by atoms with Gasteiger partial charge in [0.25, 0.3) is 10.0 Å². The highest BCUT2D eigenvalue weighted by Crippen LogP contribution is 2.36. The second-order valence-electron chi connectivity index (χ2n) is 9.87. The summed E-state index contributed by atoms with van der Waals surface area (Å²) < 4.78 is 40.2. The molecule has 12 heteroatoms. The van der Waals surface area contributed by atoms with Crippen molar-refractivity contribution in [2.45, 2.75) is 50.7 Å². The normalized spacial score (nSPS) is 14.0. The Bertz CT molecular complexity index is 1520. The van der Waals surface area contributed by atoms with E-state index in [9.17, 15) is 18.0 Å². The molecule has 3 aromatic rings. The first-order valence-electron chi connectivity index (χ1n) is 13.5. The zero-order chi connectivity index (χ0) is 30.4. The van der Waals surface area contributed by atoms with E-state index >= 15 is 0 Å². The minimum absolute atomic E-state index is 0.00375. The van der Waals surface area contributed by atoms with Gasteiger partial charge in [-0.25, -0.2) is 8.42 Å². The number of benzene rings is 3. The fraction of sp³-hybridized carbons (Fsp3) is 0.333. The van der Waals surface area contributed by atoms with Crippen LogP contribution in [-0.4, -0.2) is 57.0 Å². The van der Waals surface area contributed by atoms with Crippen molar-refractivity contribution in [2.75, 3.05) is 24.1 Å². The number of fused-ring (bicyclic) bond motifs is 1. The van der Waals surface area contributed by atoms with Crippen molar-refractivity contribution in [2.24, 2.45) is 0 Å². The van der Waals surface area contributed by atoms with E-state index in [1.165, 1.54) is 23.1 Å². The number of carbonyl (C=O) groups is 2. The summed E-state index contributed by atoms with van der Waals surface area (Å²) in [5.74, 6) is -0.191. The summed E-state index contributed by atoms with van der Waals surface area (Å²) in [6.07, 6.45) is 0.690. The maximum Gasteiger partial charge on any atom is 0.264 e. The predicted molar refractivity (Wildman–Crippen MR) is 163 cm³/mol. The number of hydrogen-bond acceptors (Lipinski definition) is 6. The summed E-state index contributed by atoms with van der Waals surface area (Å²) in [4.78, 5) is 28.6. The molecule has 0 aliphatic carbocycles. The molecular weight excluding hydrogens is 601 g/mol. The summed E-state index contributed by atoms with van der Waals surface area (Å²) in [6, 6.07) is 16.3. The molecule has 42 heavy (non-hydrogen) atoms. The van der Waals surface area contributed by atoms with Crippen LogP contribution in [-0.2, 0) is 26.2 Å². The Morgan fingerprint density at radius 3 is 2.21 bits per heavy atom. The SMILES string of the molecule is CC[C@@H](C)NC(=O)[C@H](C)N(Cc1c(Cl)cccc1Cl)C(=O)CN(c1ccc2c(c1)OCCO2)S(=O)(=O)c1ccccc1. The molecule has 0 radical (unpaired) electrons. The summed E-state index contributed by atoms with van der Waals surface area (Å²) in [5, 5.41) is 3.52. The molecular formula is C30H33Cl2N3O6S. The van der Waals surface area contributed by atoms with E-state index in [2.05, 4.69) is 5.32 Å². The van der Waals surface area contributed by atoms with Crippen molar-refractivity contribution in [1.82, 2.24) is 10.2 Å². The standard InChI is InChI=1S/C30H33Cl2N3O6S/c1-4-20(2)33-30(37)21(3)34(18-24-25(31)11-8-12-26(24)32)29(36)19-35(42(38,39)23-9-6-5-7-10-23)22-13-14-27-28(17-22)41-16-15-40-27/h5-14,17,20-21H,4,15-16,18-19H2,1-3H3,(H,33,37)/t20-,21+/m1/s1. The molecule has 1 aliphatic heterocycles. The number of sulfonamides is 1. The van der Waals surface area contributed by atoms with Crippen molar-refractivity contribution >= 4 is 50.7 Å². The number of nitrogens with one attached hydrogen (secondary N) is 1. The second kappa shape index (κ2) is 13.7. The third kappa shape index (κ3) is 7.11. The van der Waals surface area contributed by atoms with Gasteiger partial charge in [0.05, 0.1) is 10.6 Å². The summed E-state index contributed by atoms with van der Waals surface area (Å²) in [6.45, 7) is 5.32. The van der Waals surface area contributed by atoms with Crippen molar-refractivity contribution in [1.29, 1.82) is 0 Å². The Labute approximate surface area is 256 Å². The fourth-order valence-electron chi connectivity index (χ4n) is 4.34. The van der Waals surface area contributed by atoms with Crippen LogP contribution in [0, 0.1) is 0 Å². The van der Waals surface area contributed by atoms with Crippen molar-refractivity contribution in [3.63, 3.8) is 0 Å². The van der Waals surface area contributed by atoms with Crippen LogP contribution in [0.15, 0.2) is 71.6 Å². The van der Waals surface area contributed by atoms with Crippen LogP contribution < -0.4 is 19.1 Å². The highest BCUT2D eigenvalue weighted by molar-refractivity contribution is 7.92. The van der Waals surface area contributed by atoms with Crippen LogP contribution >= 0.6 is 23.2 Å². The van der Waals surface area contributed by atoms with Crippen LogP contribution in [0.3, 0.4) is 0 Å². The molecule has 1 N–H and O–H groups in total. The maximum atomic E-state index is 14.1. The van der Waals surface area contributed by atoms with Crippen LogP contribution in [0.25, 0.3) is 0 Å². The Hall–Kier alpha value is -3.47. The number of carbonyl (C=O) groups excluding carboxylic acids is 2. The van der Waals surface area contributed by atoms with Gasteiger partial charge in [0.15, 0.2) is 11.5 Å². The Morgan fingerprint density at radius 1 is 0.929 bits per heavy atom. The maximum absolute atomic E-state index is 14.1. The van der Waals surface area contributed by atoms with Crippen LogP contribution in [0.5, 0.6) is 11.5 Å². The smallest absolute Gasteiger partial charge is 0.264 e. The van der Waals surface area contributed by atoms with Gasteiger partial charge in [-0.3, -0.25) is 13.9 Å². The highest BCUT2D eigenvalue weighted by atomic mass is 35.5. The second-order valence-corrected chi connectivity index (χ2v) is 12.5. The zero-order valence-corrected chi connectivity index (χ0v) is 25.9. The van der Waals surface area contributed by atoms with Gasteiger partial charge in [0.2, 0.25) is 11.8 Å². The topological polar surface area (TPSA) is 105 Å². The van der Waals surface area contributed by atoms with Crippen molar-refractivity contribution in [3.05, 3.63) is 82.3 Å². The Morgan fingerprint density at radius 2 is 1.57 bits per heavy atom. The van der Waals surface area contributed by atoms with Gasteiger partial charge in [-0.05, 0) is 56.7 Å². The Kier molecular flexibility index (Phi) is 10.2. The predicted octanol–water partition coefficient (Wildman–Crippen LogP) is 5.29. The molecule has 0 unspecified atom stereocenters. The number of amides is 2. The van der Waals surface area contributed by atoms with Gasteiger partial charge in [0.1, 0.15) is 25.8 Å². The quantitative estimate of drug-likeness (QED) is 0.308. The number of anilines is 1. The van der Waals surface area contributed by atoms with Crippen LogP contribution in [0.4, 0.5) is 5.69 Å². The molecule has 0 spiro atoms. The molecule has 0 aromatic heterocycles. The minimum Gasteiger partial charge on any atom is -0.486 e. The van der Waals surface area contributed by atoms with Gasteiger partial charge in [-0.15, -0.1) is 0 Å². The third-order valence-corrected chi connectivity index (χ3v) is 9.48. The van der Waals surface area contributed by atoms with E-state index in [0.717, 1.165) is 4.31 Å². The van der Waals surface area contributed by atoms with Gasteiger partial charge in [-0.2, -0.15) is 0 Å². The van der Waals surface area contributed by atoms with Gasteiger partial charge in [-0.1, -0.05) is 54.4 Å². The average Bonchev–Trinajstić information content (AvgIpc) is 2.99. The van der Waals surface area contributed by atoms with E-state index in [1.54, 1.807) is 55.5 Å². The van der Waals surface area contributed by atoms with Gasteiger partial charge in [0, 0.05) is 34.3 Å². The van der Waals surface area contributed by atoms with Gasteiger partial charge >= 0.3 is 0 Å². The molecule has 0 bridgehead atoms. The number of rotatable bonds is 11. The molecule has 9 nitrogen and oxygen atoms in total. The van der Waals surface area contributed by atoms with E-state index in [-0.39, 0.29) is 23.2 Å². The van der Waals surface area contributed by atoms with E-state index < -0.39 is 34.4 Å². The number of ether oxygens (including phenoxy) is 2. The van der Waals surface area contributed by atoms with Crippen molar-refractivity contribution in [3.8, 4) is 11.5 Å². The van der Waals surface area contributed by atoms with Gasteiger partial charge < -0.3 is 19.7 Å². The lowest BCUT2D eigenvalue weighted by molar-refractivity contribution is -0.139. The first-order chi connectivity index (χ1) is 20.0. The average molecular weight is 635 g/mol.